The predicted octanol–water partition coefficient (Wildman–Crippen LogP) is 5.01. The Hall–Kier alpha value is -2.72. The van der Waals surface area contributed by atoms with Crippen LogP contribution >= 0.6 is 23.4 Å². The molecule has 11 heteroatoms. The van der Waals surface area contributed by atoms with E-state index >= 15 is 0 Å². The van der Waals surface area contributed by atoms with E-state index in [9.17, 15) is 18.0 Å². The fourth-order valence-electron chi connectivity index (χ4n) is 3.02. The summed E-state index contributed by atoms with van der Waals surface area (Å²) < 4.78 is 40.9. The molecule has 1 unspecified atom stereocenters. The lowest BCUT2D eigenvalue weighted by Crippen LogP contribution is -2.21. The summed E-state index contributed by atoms with van der Waals surface area (Å²) in [5.74, 6) is 6.51. The highest BCUT2D eigenvalue weighted by atomic mass is 35.5. The molecule has 1 saturated carbocycles. The number of carbonyl (C=O) groups is 1. The summed E-state index contributed by atoms with van der Waals surface area (Å²) >= 11 is 6.74. The van der Waals surface area contributed by atoms with Gasteiger partial charge in [0.2, 0.25) is 11.1 Å². The fraction of sp³-hybridized carbons (Fsp3) is 0.250. The molecule has 3 N–H and O–H groups in total. The number of rotatable bonds is 6. The van der Waals surface area contributed by atoms with Gasteiger partial charge in [-0.1, -0.05) is 53.7 Å². The lowest BCUT2D eigenvalue weighted by molar-refractivity contribution is -0.137. The van der Waals surface area contributed by atoms with Crippen LogP contribution in [0.4, 0.5) is 18.9 Å². The van der Waals surface area contributed by atoms with E-state index in [0.29, 0.717) is 16.5 Å². The van der Waals surface area contributed by atoms with Gasteiger partial charge in [0.05, 0.1) is 10.6 Å². The van der Waals surface area contributed by atoms with Crippen molar-refractivity contribution in [2.75, 3.05) is 11.2 Å². The molecule has 3 aromatic rings. The molecule has 2 aromatic carbocycles. The van der Waals surface area contributed by atoms with E-state index in [0.717, 1.165) is 36.7 Å². The monoisotopic (exact) mass is 467 g/mol. The van der Waals surface area contributed by atoms with Crippen LogP contribution in [0, 0.1) is 0 Å². The van der Waals surface area contributed by atoms with E-state index in [4.69, 9.17) is 17.4 Å². The van der Waals surface area contributed by atoms with Gasteiger partial charge in [-0.05, 0) is 36.6 Å². The number of aromatic nitrogens is 3. The fourth-order valence-corrected chi connectivity index (χ4v) is 4.21. The van der Waals surface area contributed by atoms with Gasteiger partial charge in [-0.3, -0.25) is 4.79 Å². The Kier molecular flexibility index (Phi) is 5.85. The maximum absolute atomic E-state index is 13.2. The molecule has 0 aliphatic heterocycles. The Morgan fingerprint density at radius 2 is 1.90 bits per heavy atom. The third kappa shape index (κ3) is 4.80. The summed E-state index contributed by atoms with van der Waals surface area (Å²) in [4.78, 5) is 13.1. The van der Waals surface area contributed by atoms with Crippen molar-refractivity contribution in [1.29, 1.82) is 0 Å². The Morgan fingerprint density at radius 1 is 1.19 bits per heavy atom. The van der Waals surface area contributed by atoms with Crippen molar-refractivity contribution in [1.82, 2.24) is 14.9 Å². The summed E-state index contributed by atoms with van der Waals surface area (Å²) in [7, 11) is 0. The van der Waals surface area contributed by atoms with E-state index in [1.165, 1.54) is 10.7 Å². The Bertz CT molecular complexity index is 1100. The minimum atomic E-state index is -4.64. The molecule has 162 valence electrons. The molecule has 0 radical (unpaired) electrons. The van der Waals surface area contributed by atoms with Crippen molar-refractivity contribution in [3.8, 4) is 0 Å². The number of amides is 1. The standard InChI is InChI=1S/C20H17ClF3N5OS/c21-15-9-8-13(10-14(15)20(22,23)24)26-18(30)16(11-4-2-1-3-5-11)31-19-28-27-17(29(19)25)12-6-7-12/h1-5,8-10,12,16H,6-7,25H2,(H,26,30). The van der Waals surface area contributed by atoms with E-state index in [1.807, 2.05) is 0 Å². The van der Waals surface area contributed by atoms with Crippen LogP contribution in [0.3, 0.4) is 0 Å². The summed E-state index contributed by atoms with van der Waals surface area (Å²) in [5.41, 5.74) is -0.395. The number of nitrogens with two attached hydrogens (primary N) is 1. The van der Waals surface area contributed by atoms with E-state index in [2.05, 4.69) is 15.5 Å². The number of alkyl halides is 3. The zero-order valence-electron chi connectivity index (χ0n) is 15.9. The first kappa shape index (κ1) is 21.5. The normalized spacial score (nSPS) is 15.0. The molecule has 0 spiro atoms. The molecule has 4 rings (SSSR count). The number of nitrogens with zero attached hydrogens (tertiary/aromatic N) is 3. The third-order valence-corrected chi connectivity index (χ3v) is 6.28. The second kappa shape index (κ2) is 8.43. The van der Waals surface area contributed by atoms with Crippen molar-refractivity contribution in [3.63, 3.8) is 0 Å². The zero-order valence-corrected chi connectivity index (χ0v) is 17.5. The molecule has 1 aliphatic carbocycles. The molecular weight excluding hydrogens is 451 g/mol. The highest BCUT2D eigenvalue weighted by Crippen LogP contribution is 2.41. The van der Waals surface area contributed by atoms with Crippen molar-refractivity contribution in [2.45, 2.75) is 35.3 Å². The smallest absolute Gasteiger partial charge is 0.336 e. The molecule has 1 heterocycles. The average Bonchev–Trinajstić information content (AvgIpc) is 3.50. The maximum Gasteiger partial charge on any atom is 0.417 e. The Balaban J connectivity index is 1.61. The minimum Gasteiger partial charge on any atom is -0.336 e. The lowest BCUT2D eigenvalue weighted by atomic mass is 10.1. The SMILES string of the molecule is Nn1c(SC(C(=O)Nc2ccc(Cl)c(C(F)(F)F)c2)c2ccccc2)nnc1C1CC1. The molecule has 6 nitrogen and oxygen atoms in total. The largest absolute Gasteiger partial charge is 0.417 e. The van der Waals surface area contributed by atoms with Crippen LogP contribution in [-0.2, 0) is 11.0 Å². The quantitative estimate of drug-likeness (QED) is 0.393. The second-order valence-electron chi connectivity index (χ2n) is 7.08. The molecule has 1 aliphatic rings. The molecule has 1 amide bonds. The number of nitrogens with one attached hydrogen (secondary N) is 1. The Morgan fingerprint density at radius 3 is 2.55 bits per heavy atom. The van der Waals surface area contributed by atoms with Gasteiger partial charge < -0.3 is 11.2 Å². The molecule has 1 fully saturated rings. The summed E-state index contributed by atoms with van der Waals surface area (Å²) in [6, 6.07) is 12.1. The highest BCUT2D eigenvalue weighted by molar-refractivity contribution is 8.00. The summed E-state index contributed by atoms with van der Waals surface area (Å²) in [6.45, 7) is 0. The zero-order chi connectivity index (χ0) is 22.2. The van der Waals surface area contributed by atoms with Crippen molar-refractivity contribution < 1.29 is 18.0 Å². The van der Waals surface area contributed by atoms with Gasteiger partial charge in [0.25, 0.3) is 0 Å². The van der Waals surface area contributed by atoms with Crippen molar-refractivity contribution >= 4 is 35.0 Å². The number of hydrogen-bond donors (Lipinski definition) is 2. The van der Waals surface area contributed by atoms with Gasteiger partial charge in [0.15, 0.2) is 5.82 Å². The molecule has 31 heavy (non-hydrogen) atoms. The van der Waals surface area contributed by atoms with Gasteiger partial charge in [-0.2, -0.15) is 13.2 Å². The number of nitrogen functional groups attached to an aromatic ring is 1. The molecule has 0 saturated heterocycles. The average molecular weight is 468 g/mol. The van der Waals surface area contributed by atoms with Crippen LogP contribution in [0.25, 0.3) is 0 Å². The lowest BCUT2D eigenvalue weighted by Gasteiger charge is -2.17. The number of halogens is 4. The van der Waals surface area contributed by atoms with Crippen molar-refractivity contribution in [2.24, 2.45) is 0 Å². The number of hydrogen-bond acceptors (Lipinski definition) is 5. The van der Waals surface area contributed by atoms with Crippen LogP contribution in [0.15, 0.2) is 53.7 Å². The van der Waals surface area contributed by atoms with Gasteiger partial charge >= 0.3 is 6.18 Å². The van der Waals surface area contributed by atoms with Gasteiger partial charge in [-0.15, -0.1) is 10.2 Å². The van der Waals surface area contributed by atoms with E-state index in [-0.39, 0.29) is 11.6 Å². The van der Waals surface area contributed by atoms with E-state index in [1.54, 1.807) is 30.3 Å². The highest BCUT2D eigenvalue weighted by Gasteiger charge is 2.34. The summed E-state index contributed by atoms with van der Waals surface area (Å²) in [6.07, 6.45) is -2.66. The topological polar surface area (TPSA) is 85.8 Å². The molecule has 1 aromatic heterocycles. The number of benzene rings is 2. The van der Waals surface area contributed by atoms with Gasteiger partial charge in [-0.25, -0.2) is 4.68 Å². The number of thioether (sulfide) groups is 1. The number of anilines is 1. The first-order valence-electron chi connectivity index (χ1n) is 9.33. The van der Waals surface area contributed by atoms with Crippen LogP contribution in [0.1, 0.15) is 41.0 Å². The van der Waals surface area contributed by atoms with Gasteiger partial charge in [0, 0.05) is 11.6 Å². The third-order valence-electron chi connectivity index (χ3n) is 4.74. The second-order valence-corrected chi connectivity index (χ2v) is 8.55. The first-order chi connectivity index (χ1) is 14.7. The Labute approximate surface area is 185 Å². The predicted molar refractivity (Wildman–Crippen MR) is 112 cm³/mol. The maximum atomic E-state index is 13.2. The molecule has 0 bridgehead atoms. The van der Waals surface area contributed by atoms with Crippen LogP contribution in [0.2, 0.25) is 5.02 Å². The molecule has 1 atom stereocenters. The van der Waals surface area contributed by atoms with E-state index < -0.39 is 27.9 Å². The molecular formula is C20H17ClF3N5OS. The first-order valence-corrected chi connectivity index (χ1v) is 10.6. The minimum absolute atomic E-state index is 0.0175. The summed E-state index contributed by atoms with van der Waals surface area (Å²) in [5, 5.41) is 9.84. The van der Waals surface area contributed by atoms with Crippen LogP contribution in [-0.4, -0.2) is 20.8 Å². The van der Waals surface area contributed by atoms with Crippen LogP contribution in [0.5, 0.6) is 0 Å². The van der Waals surface area contributed by atoms with Crippen LogP contribution < -0.4 is 11.2 Å². The van der Waals surface area contributed by atoms with Gasteiger partial charge in [0.1, 0.15) is 5.25 Å². The van der Waals surface area contributed by atoms with Crippen molar-refractivity contribution in [3.05, 3.63) is 70.5 Å². The number of carbonyl (C=O) groups excluding carboxylic acids is 1.